The van der Waals surface area contributed by atoms with E-state index in [1.807, 2.05) is 62.4 Å². The molecule has 1 aliphatic heterocycles. The summed E-state index contributed by atoms with van der Waals surface area (Å²) < 4.78 is 5.16. The van der Waals surface area contributed by atoms with Crippen molar-refractivity contribution in [3.8, 4) is 5.75 Å². The van der Waals surface area contributed by atoms with Crippen molar-refractivity contribution in [2.45, 2.75) is 20.8 Å². The molecule has 0 aliphatic carbocycles. The van der Waals surface area contributed by atoms with E-state index in [9.17, 15) is 4.79 Å². The fraction of sp³-hybridized carbons (Fsp3) is 0.200. The summed E-state index contributed by atoms with van der Waals surface area (Å²) in [6.45, 7) is 5.94. The second-order valence-electron chi connectivity index (χ2n) is 5.90. The van der Waals surface area contributed by atoms with Crippen molar-refractivity contribution in [1.29, 1.82) is 0 Å². The highest BCUT2D eigenvalue weighted by Gasteiger charge is 2.28. The van der Waals surface area contributed by atoms with Crippen LogP contribution in [0.2, 0.25) is 0 Å². The van der Waals surface area contributed by atoms with Crippen LogP contribution in [0.15, 0.2) is 53.1 Å². The van der Waals surface area contributed by atoms with E-state index in [1.54, 1.807) is 7.11 Å². The number of hydrazone groups is 1. The van der Waals surface area contributed by atoms with Crippen LogP contribution in [-0.2, 0) is 4.79 Å². The Labute approximate surface area is 142 Å². The Balaban J connectivity index is 1.91. The van der Waals surface area contributed by atoms with Gasteiger partial charge in [-0.15, -0.1) is 0 Å². The lowest BCUT2D eigenvalue weighted by Gasteiger charge is -2.13. The average Bonchev–Trinajstić information content (AvgIpc) is 2.86. The Morgan fingerprint density at radius 3 is 2.33 bits per heavy atom. The van der Waals surface area contributed by atoms with Crippen molar-refractivity contribution in [3.63, 3.8) is 0 Å². The number of benzene rings is 2. The van der Waals surface area contributed by atoms with Crippen LogP contribution < -0.4 is 9.75 Å². The quantitative estimate of drug-likeness (QED) is 0.798. The fourth-order valence-electron chi connectivity index (χ4n) is 2.58. The van der Waals surface area contributed by atoms with Crippen LogP contribution in [0.25, 0.3) is 6.08 Å². The Kier molecular flexibility index (Phi) is 4.21. The van der Waals surface area contributed by atoms with Crippen molar-refractivity contribution in [1.82, 2.24) is 0 Å². The predicted molar refractivity (Wildman–Crippen MR) is 97.5 cm³/mol. The first-order valence-electron chi connectivity index (χ1n) is 7.82. The van der Waals surface area contributed by atoms with Crippen LogP contribution in [0.1, 0.15) is 23.6 Å². The van der Waals surface area contributed by atoms with Gasteiger partial charge < -0.3 is 4.74 Å². The molecule has 3 rings (SSSR count). The van der Waals surface area contributed by atoms with E-state index in [4.69, 9.17) is 4.74 Å². The molecule has 0 unspecified atom stereocenters. The van der Waals surface area contributed by atoms with Gasteiger partial charge in [-0.2, -0.15) is 10.1 Å². The van der Waals surface area contributed by atoms with E-state index in [-0.39, 0.29) is 5.91 Å². The molecule has 0 aromatic heterocycles. The first kappa shape index (κ1) is 16.0. The topological polar surface area (TPSA) is 41.9 Å². The largest absolute Gasteiger partial charge is 0.497 e. The second kappa shape index (κ2) is 6.32. The Morgan fingerprint density at radius 1 is 1.00 bits per heavy atom. The third-order valence-electron chi connectivity index (χ3n) is 4.22. The molecule has 1 amide bonds. The lowest BCUT2D eigenvalue weighted by atomic mass is 10.1. The Hall–Kier alpha value is -2.88. The van der Waals surface area contributed by atoms with Gasteiger partial charge >= 0.3 is 0 Å². The minimum atomic E-state index is -0.105. The van der Waals surface area contributed by atoms with Crippen LogP contribution in [0, 0.1) is 13.8 Å². The Bertz CT molecular complexity index is 848. The minimum Gasteiger partial charge on any atom is -0.497 e. The standard InChI is InChI=1S/C20H20N2O2/c1-13-5-8-17(11-14(13)2)22-20(23)19(15(3)21-22)12-16-6-9-18(24-4)10-7-16/h5-12H,1-4H3/b19-12-. The van der Waals surface area contributed by atoms with Gasteiger partial charge in [0.2, 0.25) is 0 Å². The maximum absolute atomic E-state index is 12.8. The van der Waals surface area contributed by atoms with E-state index in [1.165, 1.54) is 10.6 Å². The summed E-state index contributed by atoms with van der Waals surface area (Å²) in [5, 5.41) is 5.90. The summed E-state index contributed by atoms with van der Waals surface area (Å²) in [5.41, 5.74) is 5.39. The molecule has 0 atom stereocenters. The number of amides is 1. The van der Waals surface area contributed by atoms with Crippen molar-refractivity contribution < 1.29 is 9.53 Å². The second-order valence-corrected chi connectivity index (χ2v) is 5.90. The minimum absolute atomic E-state index is 0.105. The van der Waals surface area contributed by atoms with Crippen LogP contribution in [0.5, 0.6) is 5.75 Å². The molecule has 2 aromatic carbocycles. The van der Waals surface area contributed by atoms with Crippen LogP contribution in [0.3, 0.4) is 0 Å². The maximum Gasteiger partial charge on any atom is 0.280 e. The van der Waals surface area contributed by atoms with Crippen molar-refractivity contribution >= 4 is 23.4 Å². The molecule has 122 valence electrons. The van der Waals surface area contributed by atoms with E-state index >= 15 is 0 Å². The van der Waals surface area contributed by atoms with E-state index in [0.717, 1.165) is 22.6 Å². The van der Waals surface area contributed by atoms with Crippen molar-refractivity contribution in [2.75, 3.05) is 12.1 Å². The lowest BCUT2D eigenvalue weighted by Crippen LogP contribution is -2.21. The number of hydrogen-bond donors (Lipinski definition) is 0. The summed E-state index contributed by atoms with van der Waals surface area (Å²) in [7, 11) is 1.63. The molecule has 0 saturated heterocycles. The molecular formula is C20H20N2O2. The molecule has 0 N–H and O–H groups in total. The van der Waals surface area contributed by atoms with Gasteiger partial charge in [0.05, 0.1) is 24.1 Å². The smallest absolute Gasteiger partial charge is 0.280 e. The third kappa shape index (κ3) is 2.95. The highest BCUT2D eigenvalue weighted by atomic mass is 16.5. The van der Waals surface area contributed by atoms with E-state index in [0.29, 0.717) is 11.3 Å². The number of anilines is 1. The van der Waals surface area contributed by atoms with Gasteiger partial charge in [-0.05, 0) is 67.8 Å². The van der Waals surface area contributed by atoms with Crippen LogP contribution in [0.4, 0.5) is 5.69 Å². The van der Waals surface area contributed by atoms with Gasteiger partial charge in [0.25, 0.3) is 5.91 Å². The highest BCUT2D eigenvalue weighted by molar-refractivity contribution is 6.32. The fourth-order valence-corrected chi connectivity index (χ4v) is 2.58. The van der Waals surface area contributed by atoms with E-state index in [2.05, 4.69) is 12.0 Å². The predicted octanol–water partition coefficient (Wildman–Crippen LogP) is 4.12. The number of ether oxygens (including phenoxy) is 1. The summed E-state index contributed by atoms with van der Waals surface area (Å²) in [6, 6.07) is 13.5. The zero-order chi connectivity index (χ0) is 17.3. The van der Waals surface area contributed by atoms with Gasteiger partial charge in [0.15, 0.2) is 0 Å². The molecule has 1 aliphatic rings. The number of aryl methyl sites for hydroxylation is 2. The first-order chi connectivity index (χ1) is 11.5. The van der Waals surface area contributed by atoms with Crippen LogP contribution >= 0.6 is 0 Å². The lowest BCUT2D eigenvalue weighted by molar-refractivity contribution is -0.114. The summed E-state index contributed by atoms with van der Waals surface area (Å²) in [6.07, 6.45) is 1.86. The van der Waals surface area contributed by atoms with E-state index < -0.39 is 0 Å². The van der Waals surface area contributed by atoms with Gasteiger partial charge in [-0.25, -0.2) is 0 Å². The molecule has 0 spiro atoms. The van der Waals surface area contributed by atoms with Gasteiger partial charge in [-0.3, -0.25) is 4.79 Å². The Morgan fingerprint density at radius 2 is 1.71 bits per heavy atom. The van der Waals surface area contributed by atoms with Crippen molar-refractivity contribution in [3.05, 3.63) is 64.7 Å². The molecule has 0 saturated carbocycles. The molecule has 4 nitrogen and oxygen atoms in total. The molecule has 0 fully saturated rings. The van der Waals surface area contributed by atoms with Crippen molar-refractivity contribution in [2.24, 2.45) is 5.10 Å². The number of nitrogens with zero attached hydrogens (tertiary/aromatic N) is 2. The molecule has 1 heterocycles. The molecule has 0 bridgehead atoms. The monoisotopic (exact) mass is 320 g/mol. The van der Waals surface area contributed by atoms with Gasteiger partial charge in [-0.1, -0.05) is 18.2 Å². The molecule has 2 aromatic rings. The molecule has 24 heavy (non-hydrogen) atoms. The maximum atomic E-state index is 12.8. The molecular weight excluding hydrogens is 300 g/mol. The first-order valence-corrected chi connectivity index (χ1v) is 7.82. The SMILES string of the molecule is COc1ccc(/C=C2\C(=O)N(c3ccc(C)c(C)c3)N=C2C)cc1. The average molecular weight is 320 g/mol. The summed E-state index contributed by atoms with van der Waals surface area (Å²) in [5.74, 6) is 0.684. The number of carbonyl (C=O) groups is 1. The summed E-state index contributed by atoms with van der Waals surface area (Å²) in [4.78, 5) is 12.8. The number of hydrogen-bond acceptors (Lipinski definition) is 3. The zero-order valence-corrected chi connectivity index (χ0v) is 14.3. The highest BCUT2D eigenvalue weighted by Crippen LogP contribution is 2.27. The third-order valence-corrected chi connectivity index (χ3v) is 4.22. The van der Waals surface area contributed by atoms with Gasteiger partial charge in [0, 0.05) is 0 Å². The zero-order valence-electron chi connectivity index (χ0n) is 14.3. The summed E-state index contributed by atoms with van der Waals surface area (Å²) >= 11 is 0. The van der Waals surface area contributed by atoms with Gasteiger partial charge in [0.1, 0.15) is 5.75 Å². The number of carbonyl (C=O) groups excluding carboxylic acids is 1. The normalized spacial score (nSPS) is 15.8. The number of rotatable bonds is 3. The number of methoxy groups -OCH3 is 1. The molecule has 0 radical (unpaired) electrons. The van der Waals surface area contributed by atoms with Crippen LogP contribution in [-0.4, -0.2) is 18.7 Å². The molecule has 4 heteroatoms.